The van der Waals surface area contributed by atoms with Gasteiger partial charge in [-0.2, -0.15) is 12.6 Å². The second kappa shape index (κ2) is 6.65. The molecular formula is C8H13NO3S. The number of hydrogen-bond donors (Lipinski definition) is 2. The van der Waals surface area contributed by atoms with Gasteiger partial charge in [-0.15, -0.1) is 0 Å². The van der Waals surface area contributed by atoms with Crippen molar-refractivity contribution in [2.24, 2.45) is 0 Å². The van der Waals surface area contributed by atoms with Gasteiger partial charge in [0.05, 0.1) is 6.04 Å². The van der Waals surface area contributed by atoms with E-state index < -0.39 is 6.04 Å². The summed E-state index contributed by atoms with van der Waals surface area (Å²) in [7, 11) is 0. The van der Waals surface area contributed by atoms with Gasteiger partial charge in [-0.1, -0.05) is 0 Å². The fourth-order valence-corrected chi connectivity index (χ4v) is 0.869. The van der Waals surface area contributed by atoms with Gasteiger partial charge in [0.25, 0.3) is 0 Å². The van der Waals surface area contributed by atoms with Crippen LogP contribution in [0.2, 0.25) is 0 Å². The minimum absolute atomic E-state index is 0.0383. The van der Waals surface area contributed by atoms with Gasteiger partial charge in [-0.25, -0.2) is 0 Å². The zero-order chi connectivity index (χ0) is 10.3. The van der Waals surface area contributed by atoms with E-state index in [1.54, 1.807) is 0 Å². The van der Waals surface area contributed by atoms with Crippen molar-refractivity contribution in [2.45, 2.75) is 25.8 Å². The Morgan fingerprint density at radius 2 is 2.08 bits per heavy atom. The van der Waals surface area contributed by atoms with Crippen LogP contribution >= 0.6 is 12.6 Å². The number of amides is 1. The number of aldehydes is 1. The molecule has 0 heterocycles. The second-order valence-corrected chi connectivity index (χ2v) is 3.06. The fourth-order valence-electron chi connectivity index (χ4n) is 0.691. The van der Waals surface area contributed by atoms with Crippen molar-refractivity contribution in [3.8, 4) is 0 Å². The lowest BCUT2D eigenvalue weighted by Crippen LogP contribution is -2.37. The topological polar surface area (TPSA) is 63.2 Å². The van der Waals surface area contributed by atoms with E-state index in [2.05, 4.69) is 17.9 Å². The molecule has 1 unspecified atom stereocenters. The molecule has 13 heavy (non-hydrogen) atoms. The number of rotatable bonds is 6. The smallest absolute Gasteiger partial charge is 0.221 e. The number of Topliss-reactive ketones (excluding diaryl/α,β-unsaturated/α-hetero) is 1. The Morgan fingerprint density at radius 3 is 2.46 bits per heavy atom. The molecule has 0 rings (SSSR count). The van der Waals surface area contributed by atoms with E-state index in [1.807, 2.05) is 0 Å². The first kappa shape index (κ1) is 12.2. The summed E-state index contributed by atoms with van der Waals surface area (Å²) in [5.41, 5.74) is 0. The predicted molar refractivity (Wildman–Crippen MR) is 51.8 cm³/mol. The monoisotopic (exact) mass is 203 g/mol. The van der Waals surface area contributed by atoms with Crippen molar-refractivity contribution in [1.29, 1.82) is 0 Å². The Hall–Kier alpha value is -0.840. The van der Waals surface area contributed by atoms with E-state index in [9.17, 15) is 14.4 Å². The van der Waals surface area contributed by atoms with Crippen molar-refractivity contribution in [1.82, 2.24) is 5.32 Å². The van der Waals surface area contributed by atoms with Crippen LogP contribution in [-0.2, 0) is 14.4 Å². The van der Waals surface area contributed by atoms with Gasteiger partial charge in [0.15, 0.2) is 0 Å². The molecule has 0 fully saturated rings. The van der Waals surface area contributed by atoms with Gasteiger partial charge in [-0.05, 0) is 6.92 Å². The molecule has 0 saturated heterocycles. The van der Waals surface area contributed by atoms with Crippen molar-refractivity contribution in [2.75, 3.05) is 5.75 Å². The molecule has 0 aliphatic rings. The van der Waals surface area contributed by atoms with Crippen molar-refractivity contribution < 1.29 is 14.4 Å². The van der Waals surface area contributed by atoms with Crippen LogP contribution < -0.4 is 5.32 Å². The molecule has 74 valence electrons. The molecule has 0 aromatic heterocycles. The standard InChI is InChI=1S/C8H13NO3S/c1-6(11)2-3-8(12)9-7(4-10)5-13/h4,7,13H,2-3,5H2,1H3,(H,9,12). The Balaban J connectivity index is 3.72. The predicted octanol–water partition coefficient (Wildman–Crippen LogP) is -0.0309. The van der Waals surface area contributed by atoms with Gasteiger partial charge in [0.2, 0.25) is 5.91 Å². The number of ketones is 1. The number of hydrogen-bond acceptors (Lipinski definition) is 4. The van der Waals surface area contributed by atoms with Crippen LogP contribution in [0, 0.1) is 0 Å². The molecule has 1 atom stereocenters. The normalized spacial score (nSPS) is 11.8. The van der Waals surface area contributed by atoms with Gasteiger partial charge in [0.1, 0.15) is 12.1 Å². The first-order valence-corrected chi connectivity index (χ1v) is 4.58. The molecule has 1 amide bonds. The van der Waals surface area contributed by atoms with Crippen LogP contribution in [0.4, 0.5) is 0 Å². The highest BCUT2D eigenvalue weighted by atomic mass is 32.1. The second-order valence-electron chi connectivity index (χ2n) is 2.69. The van der Waals surface area contributed by atoms with E-state index in [1.165, 1.54) is 6.92 Å². The molecule has 4 nitrogen and oxygen atoms in total. The van der Waals surface area contributed by atoms with Gasteiger partial charge >= 0.3 is 0 Å². The molecule has 0 spiro atoms. The maximum absolute atomic E-state index is 11.0. The van der Waals surface area contributed by atoms with Gasteiger partial charge in [-0.3, -0.25) is 4.79 Å². The first-order valence-electron chi connectivity index (χ1n) is 3.95. The molecule has 0 aromatic carbocycles. The zero-order valence-electron chi connectivity index (χ0n) is 7.45. The summed E-state index contributed by atoms with van der Waals surface area (Å²) in [6.07, 6.45) is 0.968. The molecule has 5 heteroatoms. The molecule has 0 aromatic rings. The average molecular weight is 203 g/mol. The van der Waals surface area contributed by atoms with Crippen LogP contribution in [0.5, 0.6) is 0 Å². The molecule has 0 aliphatic carbocycles. The highest BCUT2D eigenvalue weighted by Gasteiger charge is 2.09. The number of carbonyl (C=O) groups is 3. The number of thiol groups is 1. The van der Waals surface area contributed by atoms with Crippen LogP contribution in [0.1, 0.15) is 19.8 Å². The number of carbonyl (C=O) groups excluding carboxylic acids is 3. The third kappa shape index (κ3) is 6.33. The molecule has 0 aliphatic heterocycles. The highest BCUT2D eigenvalue weighted by Crippen LogP contribution is 1.92. The quantitative estimate of drug-likeness (QED) is 0.470. The minimum Gasteiger partial charge on any atom is -0.346 e. The summed E-state index contributed by atoms with van der Waals surface area (Å²) in [6.45, 7) is 1.42. The largest absolute Gasteiger partial charge is 0.346 e. The average Bonchev–Trinajstić information content (AvgIpc) is 2.10. The van der Waals surface area contributed by atoms with Crippen LogP contribution in [-0.4, -0.2) is 29.8 Å². The third-order valence-electron chi connectivity index (χ3n) is 1.41. The third-order valence-corrected chi connectivity index (χ3v) is 1.80. The Labute approximate surface area is 82.5 Å². The zero-order valence-corrected chi connectivity index (χ0v) is 8.34. The van der Waals surface area contributed by atoms with E-state index >= 15 is 0 Å². The Morgan fingerprint density at radius 1 is 1.46 bits per heavy atom. The summed E-state index contributed by atoms with van der Waals surface area (Å²) in [5.74, 6) is -0.0556. The molecule has 1 N–H and O–H groups in total. The fraction of sp³-hybridized carbons (Fsp3) is 0.625. The molecule has 0 bridgehead atoms. The van der Waals surface area contributed by atoms with Gasteiger partial charge in [0, 0.05) is 18.6 Å². The summed E-state index contributed by atoms with van der Waals surface area (Å²) >= 11 is 3.87. The molecule has 0 radical (unpaired) electrons. The first-order chi connectivity index (χ1) is 6.10. The SMILES string of the molecule is CC(=O)CCC(=O)NC(C=O)CS. The van der Waals surface area contributed by atoms with Crippen molar-refractivity contribution in [3.05, 3.63) is 0 Å². The maximum Gasteiger partial charge on any atom is 0.221 e. The Bertz CT molecular complexity index is 206. The maximum atomic E-state index is 11.0. The van der Waals surface area contributed by atoms with Crippen LogP contribution in [0.3, 0.4) is 0 Å². The van der Waals surface area contributed by atoms with Crippen molar-refractivity contribution in [3.63, 3.8) is 0 Å². The van der Waals surface area contributed by atoms with E-state index in [4.69, 9.17) is 0 Å². The molecule has 0 saturated carbocycles. The lowest BCUT2D eigenvalue weighted by atomic mass is 10.2. The lowest BCUT2D eigenvalue weighted by Gasteiger charge is -2.08. The van der Waals surface area contributed by atoms with Crippen molar-refractivity contribution >= 4 is 30.6 Å². The highest BCUT2D eigenvalue weighted by molar-refractivity contribution is 7.80. The minimum atomic E-state index is -0.553. The lowest BCUT2D eigenvalue weighted by molar-refractivity contribution is -0.126. The number of nitrogens with one attached hydrogen (secondary N) is 1. The summed E-state index contributed by atoms with van der Waals surface area (Å²) in [4.78, 5) is 31.8. The summed E-state index contributed by atoms with van der Waals surface area (Å²) < 4.78 is 0. The molecular weight excluding hydrogens is 190 g/mol. The van der Waals surface area contributed by atoms with E-state index in [0.717, 1.165) is 0 Å². The van der Waals surface area contributed by atoms with Crippen LogP contribution in [0.15, 0.2) is 0 Å². The van der Waals surface area contributed by atoms with E-state index in [-0.39, 0.29) is 30.3 Å². The Kier molecular flexibility index (Phi) is 6.22. The van der Waals surface area contributed by atoms with Gasteiger partial charge < -0.3 is 14.9 Å². The van der Waals surface area contributed by atoms with E-state index in [0.29, 0.717) is 6.29 Å². The van der Waals surface area contributed by atoms with Crippen LogP contribution in [0.25, 0.3) is 0 Å². The summed E-state index contributed by atoms with van der Waals surface area (Å²) in [6, 6.07) is -0.553. The summed E-state index contributed by atoms with van der Waals surface area (Å²) in [5, 5.41) is 2.44.